The predicted molar refractivity (Wildman–Crippen MR) is 106 cm³/mol. The van der Waals surface area contributed by atoms with Gasteiger partial charge in [0.05, 0.1) is 11.1 Å². The number of benzene rings is 3. The maximum absolute atomic E-state index is 13.2. The standard InChI is InChI=1S/C22H13FN4O2/c23-15-12-10-14(11-13-15)20-24-21(29-26-20)19-17-8-4-5-9-18(17)22(28)27(25-19)16-6-2-1-3-7-16/h1-13H. The first kappa shape index (κ1) is 17.0. The largest absolute Gasteiger partial charge is 0.332 e. The number of halogens is 1. The van der Waals surface area contributed by atoms with Crippen molar-refractivity contribution in [1.29, 1.82) is 0 Å². The van der Waals surface area contributed by atoms with Crippen molar-refractivity contribution in [3.8, 4) is 28.7 Å². The highest BCUT2D eigenvalue weighted by Gasteiger charge is 2.18. The fourth-order valence-electron chi connectivity index (χ4n) is 3.13. The van der Waals surface area contributed by atoms with Crippen LogP contribution in [0.5, 0.6) is 0 Å². The second-order valence-electron chi connectivity index (χ2n) is 6.38. The van der Waals surface area contributed by atoms with Crippen LogP contribution in [-0.2, 0) is 0 Å². The summed E-state index contributed by atoms with van der Waals surface area (Å²) in [6, 6.07) is 22.0. The molecule has 0 saturated carbocycles. The van der Waals surface area contributed by atoms with Crippen LogP contribution in [0.15, 0.2) is 88.2 Å². The highest BCUT2D eigenvalue weighted by atomic mass is 19.1. The van der Waals surface area contributed by atoms with Crippen LogP contribution in [0, 0.1) is 5.82 Å². The van der Waals surface area contributed by atoms with Crippen molar-refractivity contribution in [2.45, 2.75) is 0 Å². The first-order valence-electron chi connectivity index (χ1n) is 8.88. The van der Waals surface area contributed by atoms with Crippen LogP contribution in [0.3, 0.4) is 0 Å². The van der Waals surface area contributed by atoms with Gasteiger partial charge < -0.3 is 4.52 Å². The Kier molecular flexibility index (Phi) is 3.98. The van der Waals surface area contributed by atoms with Gasteiger partial charge in [0.15, 0.2) is 5.69 Å². The molecule has 0 bridgehead atoms. The van der Waals surface area contributed by atoms with Crippen LogP contribution in [-0.4, -0.2) is 19.9 Å². The number of aromatic nitrogens is 4. The van der Waals surface area contributed by atoms with E-state index in [1.54, 1.807) is 42.5 Å². The van der Waals surface area contributed by atoms with Gasteiger partial charge in [-0.25, -0.2) is 4.39 Å². The second-order valence-corrected chi connectivity index (χ2v) is 6.38. The molecule has 0 N–H and O–H groups in total. The van der Waals surface area contributed by atoms with Crippen molar-refractivity contribution in [3.05, 3.63) is 95.0 Å². The van der Waals surface area contributed by atoms with Crippen molar-refractivity contribution in [2.75, 3.05) is 0 Å². The molecule has 0 unspecified atom stereocenters. The topological polar surface area (TPSA) is 73.8 Å². The molecule has 3 aromatic carbocycles. The highest BCUT2D eigenvalue weighted by Crippen LogP contribution is 2.26. The third-order valence-corrected chi connectivity index (χ3v) is 4.54. The summed E-state index contributed by atoms with van der Waals surface area (Å²) in [6.45, 7) is 0. The van der Waals surface area contributed by atoms with E-state index in [4.69, 9.17) is 4.52 Å². The molecule has 29 heavy (non-hydrogen) atoms. The average Bonchev–Trinajstić information content (AvgIpc) is 3.25. The molecule has 6 nitrogen and oxygen atoms in total. The fraction of sp³-hybridized carbons (Fsp3) is 0. The van der Waals surface area contributed by atoms with Crippen molar-refractivity contribution in [1.82, 2.24) is 19.9 Å². The highest BCUT2D eigenvalue weighted by molar-refractivity contribution is 5.92. The van der Waals surface area contributed by atoms with E-state index in [1.165, 1.54) is 16.8 Å². The molecule has 0 aliphatic heterocycles. The summed E-state index contributed by atoms with van der Waals surface area (Å²) in [5.41, 5.74) is 1.39. The van der Waals surface area contributed by atoms with Crippen LogP contribution in [0.1, 0.15) is 0 Å². The molecule has 140 valence electrons. The summed E-state index contributed by atoms with van der Waals surface area (Å²) < 4.78 is 19.9. The van der Waals surface area contributed by atoms with Crippen LogP contribution in [0.2, 0.25) is 0 Å². The van der Waals surface area contributed by atoms with E-state index in [0.717, 1.165) is 0 Å². The lowest BCUT2D eigenvalue weighted by atomic mass is 10.1. The van der Waals surface area contributed by atoms with Crippen LogP contribution >= 0.6 is 0 Å². The van der Waals surface area contributed by atoms with E-state index < -0.39 is 0 Å². The van der Waals surface area contributed by atoms with Gasteiger partial charge in [0.1, 0.15) is 5.82 Å². The Morgan fingerprint density at radius 3 is 2.28 bits per heavy atom. The lowest BCUT2D eigenvalue weighted by Crippen LogP contribution is -2.22. The van der Waals surface area contributed by atoms with Gasteiger partial charge >= 0.3 is 0 Å². The average molecular weight is 384 g/mol. The number of nitrogens with zero attached hydrogens (tertiary/aromatic N) is 4. The molecule has 0 spiro atoms. The molecule has 0 saturated heterocycles. The molecule has 7 heteroatoms. The molecule has 0 amide bonds. The molecule has 5 aromatic rings. The second kappa shape index (κ2) is 6.79. The molecular weight excluding hydrogens is 371 g/mol. The molecule has 0 atom stereocenters. The lowest BCUT2D eigenvalue weighted by Gasteiger charge is -2.08. The quantitative estimate of drug-likeness (QED) is 0.465. The summed E-state index contributed by atoms with van der Waals surface area (Å²) in [4.78, 5) is 17.4. The summed E-state index contributed by atoms with van der Waals surface area (Å²) in [7, 11) is 0. The van der Waals surface area contributed by atoms with E-state index in [0.29, 0.717) is 33.5 Å². The number of para-hydroxylation sites is 1. The Morgan fingerprint density at radius 1 is 0.828 bits per heavy atom. The van der Waals surface area contributed by atoms with Gasteiger partial charge in [0, 0.05) is 10.9 Å². The third kappa shape index (κ3) is 2.98. The van der Waals surface area contributed by atoms with Crippen molar-refractivity contribution < 1.29 is 8.91 Å². The van der Waals surface area contributed by atoms with Crippen LogP contribution in [0.4, 0.5) is 4.39 Å². The fourth-order valence-corrected chi connectivity index (χ4v) is 3.13. The van der Waals surface area contributed by atoms with E-state index in [1.807, 2.05) is 24.3 Å². The zero-order chi connectivity index (χ0) is 19.8. The Morgan fingerprint density at radius 2 is 1.52 bits per heavy atom. The summed E-state index contributed by atoms with van der Waals surface area (Å²) >= 11 is 0. The smallest absolute Gasteiger partial charge is 0.279 e. The zero-order valence-electron chi connectivity index (χ0n) is 15.0. The van der Waals surface area contributed by atoms with Gasteiger partial charge in [-0.1, -0.05) is 41.6 Å². The molecule has 0 aliphatic carbocycles. The summed E-state index contributed by atoms with van der Waals surface area (Å²) in [5.74, 6) is 0.133. The maximum atomic E-state index is 13.2. The number of fused-ring (bicyclic) bond motifs is 1. The molecular formula is C22H13FN4O2. The minimum atomic E-state index is -0.347. The van der Waals surface area contributed by atoms with Crippen molar-refractivity contribution in [2.24, 2.45) is 0 Å². The van der Waals surface area contributed by atoms with Gasteiger partial charge in [-0.05, 0) is 42.5 Å². The third-order valence-electron chi connectivity index (χ3n) is 4.54. The van der Waals surface area contributed by atoms with Gasteiger partial charge in [-0.3, -0.25) is 4.79 Å². The molecule has 0 radical (unpaired) electrons. The number of hydrogen-bond donors (Lipinski definition) is 0. The van der Waals surface area contributed by atoms with E-state index in [-0.39, 0.29) is 17.3 Å². The number of hydrogen-bond acceptors (Lipinski definition) is 5. The van der Waals surface area contributed by atoms with Gasteiger partial charge in [0.2, 0.25) is 5.82 Å². The van der Waals surface area contributed by atoms with Crippen LogP contribution in [0.25, 0.3) is 39.4 Å². The molecule has 0 fully saturated rings. The summed E-state index contributed by atoms with van der Waals surface area (Å²) in [6.07, 6.45) is 0. The minimum Gasteiger partial charge on any atom is -0.332 e. The minimum absolute atomic E-state index is 0.171. The van der Waals surface area contributed by atoms with E-state index in [9.17, 15) is 9.18 Å². The zero-order valence-corrected chi connectivity index (χ0v) is 15.0. The predicted octanol–water partition coefficient (Wildman–Crippen LogP) is 4.24. The number of rotatable bonds is 3. The van der Waals surface area contributed by atoms with Gasteiger partial charge in [-0.2, -0.15) is 14.8 Å². The van der Waals surface area contributed by atoms with E-state index >= 15 is 0 Å². The normalized spacial score (nSPS) is 11.1. The van der Waals surface area contributed by atoms with Crippen molar-refractivity contribution in [3.63, 3.8) is 0 Å². The van der Waals surface area contributed by atoms with Gasteiger partial charge in [-0.15, -0.1) is 0 Å². The lowest BCUT2D eigenvalue weighted by molar-refractivity contribution is 0.430. The first-order chi connectivity index (χ1) is 14.2. The van der Waals surface area contributed by atoms with Crippen molar-refractivity contribution >= 4 is 10.8 Å². The van der Waals surface area contributed by atoms with Gasteiger partial charge in [0.25, 0.3) is 11.4 Å². The molecule has 0 aliphatic rings. The first-order valence-corrected chi connectivity index (χ1v) is 8.88. The monoisotopic (exact) mass is 384 g/mol. The van der Waals surface area contributed by atoms with E-state index in [2.05, 4.69) is 15.2 Å². The molecule has 2 heterocycles. The molecule has 5 rings (SSSR count). The SMILES string of the molecule is O=c1c2ccccc2c(-c2nc(-c3ccc(F)cc3)no2)nn1-c1ccccc1. The maximum Gasteiger partial charge on any atom is 0.279 e. The summed E-state index contributed by atoms with van der Waals surface area (Å²) in [5, 5.41) is 9.60. The Balaban J connectivity index is 1.72. The molecule has 2 aromatic heterocycles. The van der Waals surface area contributed by atoms with Crippen LogP contribution < -0.4 is 5.56 Å². The Bertz CT molecular complexity index is 1380. The Hall–Kier alpha value is -4.13. The Labute approximate surface area is 163 Å².